The summed E-state index contributed by atoms with van der Waals surface area (Å²) in [5.74, 6) is -0.870. The molecular weight excluding hydrogens is 218 g/mol. The molecule has 1 amide bonds. The van der Waals surface area contributed by atoms with Gasteiger partial charge in [0.2, 0.25) is 5.91 Å². The molecule has 0 saturated carbocycles. The van der Waals surface area contributed by atoms with Gasteiger partial charge in [-0.2, -0.15) is 0 Å². The summed E-state index contributed by atoms with van der Waals surface area (Å²) < 4.78 is 0. The minimum absolute atomic E-state index is 0.0481. The number of carboxylic acid groups (broad SMARTS) is 1. The van der Waals surface area contributed by atoms with E-state index in [9.17, 15) is 14.7 Å². The van der Waals surface area contributed by atoms with Crippen LogP contribution in [0.2, 0.25) is 0 Å². The van der Waals surface area contributed by atoms with Crippen LogP contribution in [0.3, 0.4) is 0 Å². The lowest BCUT2D eigenvalue weighted by atomic mass is 9.72. The Morgan fingerprint density at radius 3 is 1.88 bits per heavy atom. The molecule has 0 aromatic rings. The van der Waals surface area contributed by atoms with Crippen LogP contribution in [0.4, 0.5) is 0 Å². The Hall–Kier alpha value is -1.06. The lowest BCUT2D eigenvalue weighted by Gasteiger charge is -2.55. The lowest BCUT2D eigenvalue weighted by molar-refractivity contribution is -0.307. The van der Waals surface area contributed by atoms with Crippen molar-refractivity contribution in [2.75, 3.05) is 0 Å². The van der Waals surface area contributed by atoms with Gasteiger partial charge in [0.05, 0.1) is 0 Å². The average Bonchev–Trinajstić information content (AvgIpc) is 1.93. The third kappa shape index (κ3) is 2.99. The Morgan fingerprint density at radius 1 is 1.18 bits per heavy atom. The van der Waals surface area contributed by atoms with E-state index in [4.69, 9.17) is 0 Å². The van der Waals surface area contributed by atoms with Gasteiger partial charge in [-0.15, -0.1) is 0 Å². The second kappa shape index (κ2) is 4.31. The lowest BCUT2D eigenvalue weighted by Crippen LogP contribution is -2.62. The molecule has 0 N–H and O–H groups in total. The molecule has 0 aliphatic carbocycles. The van der Waals surface area contributed by atoms with Crippen LogP contribution in [-0.2, 0) is 9.59 Å². The van der Waals surface area contributed by atoms with Crippen molar-refractivity contribution in [3.63, 3.8) is 0 Å². The third-order valence-corrected chi connectivity index (χ3v) is 3.56. The zero-order valence-electron chi connectivity index (χ0n) is 11.4. The summed E-state index contributed by atoms with van der Waals surface area (Å²) in [6.07, 6.45) is 1.51. The molecule has 0 unspecified atom stereocenters. The van der Waals surface area contributed by atoms with E-state index >= 15 is 0 Å². The Bertz CT molecular complexity index is 316. The van der Waals surface area contributed by atoms with Crippen LogP contribution in [0.15, 0.2) is 0 Å². The first kappa shape index (κ1) is 14.0. The van der Waals surface area contributed by atoms with Crippen molar-refractivity contribution in [1.82, 2.24) is 4.90 Å². The number of hydrogen-bond donors (Lipinski definition) is 0. The number of piperidine rings is 1. The molecule has 0 atom stereocenters. The number of carboxylic acids is 1. The van der Waals surface area contributed by atoms with Crippen molar-refractivity contribution >= 4 is 11.9 Å². The summed E-state index contributed by atoms with van der Waals surface area (Å²) in [4.78, 5) is 24.4. The van der Waals surface area contributed by atoms with Gasteiger partial charge in [-0.3, -0.25) is 4.79 Å². The van der Waals surface area contributed by atoms with Gasteiger partial charge < -0.3 is 14.8 Å². The number of carbonyl (C=O) groups is 2. The van der Waals surface area contributed by atoms with Crippen LogP contribution in [0.1, 0.15) is 53.9 Å². The Morgan fingerprint density at radius 2 is 1.59 bits per heavy atom. The molecule has 0 radical (unpaired) electrons. The number of rotatable bonds is 2. The van der Waals surface area contributed by atoms with Crippen LogP contribution >= 0.6 is 0 Å². The van der Waals surface area contributed by atoms with Gasteiger partial charge in [-0.25, -0.2) is 0 Å². The number of hydrogen-bond acceptors (Lipinski definition) is 3. The molecule has 1 rings (SSSR count). The fraction of sp³-hybridized carbons (Fsp3) is 0.846. The predicted octanol–water partition coefficient (Wildman–Crippen LogP) is 0.942. The highest BCUT2D eigenvalue weighted by Gasteiger charge is 2.46. The minimum Gasteiger partial charge on any atom is -0.550 e. The first-order valence-corrected chi connectivity index (χ1v) is 6.07. The summed E-state index contributed by atoms with van der Waals surface area (Å²) in [6.45, 7) is 9.56. The van der Waals surface area contributed by atoms with Gasteiger partial charge in [-0.05, 0) is 52.9 Å². The average molecular weight is 240 g/mol. The highest BCUT2D eigenvalue weighted by atomic mass is 16.4. The minimum atomic E-state index is -1.00. The van der Waals surface area contributed by atoms with Gasteiger partial charge >= 0.3 is 0 Å². The molecule has 4 heteroatoms. The van der Waals surface area contributed by atoms with E-state index < -0.39 is 5.97 Å². The smallest absolute Gasteiger partial charge is 0.220 e. The number of carbonyl (C=O) groups excluding carboxylic acids is 2. The second-order valence-electron chi connectivity index (χ2n) is 6.33. The molecule has 0 spiro atoms. The van der Waals surface area contributed by atoms with Crippen molar-refractivity contribution in [2.45, 2.75) is 65.0 Å². The molecule has 0 aromatic heterocycles. The van der Waals surface area contributed by atoms with E-state index in [0.717, 1.165) is 0 Å². The number of amides is 1. The summed E-state index contributed by atoms with van der Waals surface area (Å²) in [5, 5.41) is 10.7. The fourth-order valence-electron chi connectivity index (χ4n) is 3.72. The van der Waals surface area contributed by atoms with Crippen LogP contribution in [-0.4, -0.2) is 27.9 Å². The highest BCUT2D eigenvalue weighted by Crippen LogP contribution is 2.42. The van der Waals surface area contributed by atoms with Crippen molar-refractivity contribution in [3.8, 4) is 0 Å². The van der Waals surface area contributed by atoms with E-state index in [2.05, 4.69) is 0 Å². The van der Waals surface area contributed by atoms with Gasteiger partial charge in [0.15, 0.2) is 0 Å². The molecule has 98 valence electrons. The van der Waals surface area contributed by atoms with Crippen molar-refractivity contribution in [3.05, 3.63) is 0 Å². The number of aliphatic carboxylic acids is 1. The van der Waals surface area contributed by atoms with Crippen LogP contribution in [0, 0.1) is 5.92 Å². The monoisotopic (exact) mass is 240 g/mol. The van der Waals surface area contributed by atoms with E-state index in [1.54, 1.807) is 6.92 Å². The van der Waals surface area contributed by atoms with E-state index in [1.165, 1.54) is 0 Å². The van der Waals surface area contributed by atoms with E-state index in [0.29, 0.717) is 12.8 Å². The largest absolute Gasteiger partial charge is 0.550 e. The molecule has 1 fully saturated rings. The Kier molecular flexibility index (Phi) is 3.55. The van der Waals surface area contributed by atoms with Gasteiger partial charge in [0.1, 0.15) is 0 Å². The molecule has 1 saturated heterocycles. The molecule has 1 heterocycles. The molecule has 0 bridgehead atoms. The van der Waals surface area contributed by atoms with Crippen LogP contribution in [0.25, 0.3) is 0 Å². The zero-order valence-corrected chi connectivity index (χ0v) is 11.4. The van der Waals surface area contributed by atoms with Gasteiger partial charge in [0.25, 0.3) is 0 Å². The Balaban J connectivity index is 2.96. The van der Waals surface area contributed by atoms with Crippen LogP contribution in [0.5, 0.6) is 0 Å². The summed E-state index contributed by atoms with van der Waals surface area (Å²) in [6, 6.07) is 0. The van der Waals surface area contributed by atoms with E-state index in [1.807, 2.05) is 32.6 Å². The van der Waals surface area contributed by atoms with E-state index in [-0.39, 0.29) is 29.3 Å². The summed E-state index contributed by atoms with van der Waals surface area (Å²) in [7, 11) is 0. The van der Waals surface area contributed by atoms with Gasteiger partial charge in [-0.1, -0.05) is 0 Å². The molecular formula is C13H22NO3-. The first-order valence-electron chi connectivity index (χ1n) is 6.07. The molecule has 0 aromatic carbocycles. The molecule has 4 nitrogen and oxygen atoms in total. The molecule has 17 heavy (non-hydrogen) atoms. The number of likely N-dealkylation sites (tertiary alicyclic amines) is 1. The SMILES string of the molecule is CC(=O)N1C(C)(C)CC(CC(=O)[O-])CC1(C)C. The topological polar surface area (TPSA) is 60.4 Å². The number of nitrogens with zero attached hydrogens (tertiary/aromatic N) is 1. The zero-order chi connectivity index (χ0) is 13.4. The normalized spacial score (nSPS) is 23.5. The Labute approximate surface area is 103 Å². The van der Waals surface area contributed by atoms with Crippen molar-refractivity contribution < 1.29 is 14.7 Å². The quantitative estimate of drug-likeness (QED) is 0.721. The maximum Gasteiger partial charge on any atom is 0.220 e. The molecule has 1 aliphatic heterocycles. The van der Waals surface area contributed by atoms with Crippen molar-refractivity contribution in [1.29, 1.82) is 0 Å². The second-order valence-corrected chi connectivity index (χ2v) is 6.33. The maximum absolute atomic E-state index is 11.8. The fourth-order valence-corrected chi connectivity index (χ4v) is 3.72. The highest BCUT2D eigenvalue weighted by molar-refractivity contribution is 5.75. The predicted molar refractivity (Wildman–Crippen MR) is 63.0 cm³/mol. The summed E-state index contributed by atoms with van der Waals surface area (Å²) in [5.41, 5.74) is -0.596. The van der Waals surface area contributed by atoms with Gasteiger partial charge in [0, 0.05) is 24.0 Å². The summed E-state index contributed by atoms with van der Waals surface area (Å²) >= 11 is 0. The maximum atomic E-state index is 11.8. The third-order valence-electron chi connectivity index (χ3n) is 3.56. The molecule has 1 aliphatic rings. The first-order chi connectivity index (χ1) is 7.56. The standard InChI is InChI=1S/C13H23NO3/c1-9(15)14-12(2,3)7-10(6-11(16)17)8-13(14,4)5/h10H,6-8H2,1-5H3,(H,16,17)/p-1. The van der Waals surface area contributed by atoms with Crippen molar-refractivity contribution in [2.24, 2.45) is 5.92 Å². The van der Waals surface area contributed by atoms with Crippen LogP contribution < -0.4 is 5.11 Å².